The third-order valence-corrected chi connectivity index (χ3v) is 5.12. The fourth-order valence-corrected chi connectivity index (χ4v) is 3.49. The molecule has 1 aliphatic carbocycles. The smallest absolute Gasteiger partial charge is 0.0807 e. The second kappa shape index (κ2) is 4.97. The molecule has 1 atom stereocenters. The first kappa shape index (κ1) is 13.2. The normalized spacial score (nSPS) is 18.4. The maximum absolute atomic E-state index is 10.1. The van der Waals surface area contributed by atoms with Crippen LogP contribution in [0.1, 0.15) is 35.9 Å². The van der Waals surface area contributed by atoms with E-state index >= 15 is 0 Å². The number of aliphatic hydroxyl groups is 1. The monoisotopic (exact) mass is 339 g/mol. The third-order valence-electron chi connectivity index (χ3n) is 3.74. The lowest BCUT2D eigenvalue weighted by atomic mass is 9.95. The van der Waals surface area contributed by atoms with E-state index in [0.717, 1.165) is 40.7 Å². The van der Waals surface area contributed by atoms with Crippen LogP contribution in [0.3, 0.4) is 0 Å². The van der Waals surface area contributed by atoms with Crippen molar-refractivity contribution >= 4 is 27.5 Å². The van der Waals surface area contributed by atoms with Crippen LogP contribution in [0.5, 0.6) is 0 Å². The van der Waals surface area contributed by atoms with Crippen LogP contribution in [0, 0.1) is 6.92 Å². The standard InChI is InChI=1S/C15H15BrClNO/c1-9-8-10-12(5-3-7-14(10)19)18(9)13-6-2-4-11(17)15(13)16/h2,4,6,8,14,19H,3,5,7H2,1H3. The SMILES string of the molecule is Cc1cc2c(n1-c1cccc(Cl)c1Br)CCCC2O. The van der Waals surface area contributed by atoms with E-state index in [1.807, 2.05) is 18.2 Å². The van der Waals surface area contributed by atoms with Gasteiger partial charge >= 0.3 is 0 Å². The van der Waals surface area contributed by atoms with E-state index in [2.05, 4.69) is 33.5 Å². The number of aliphatic hydroxyl groups excluding tert-OH is 1. The molecule has 0 fully saturated rings. The second-order valence-corrected chi connectivity index (χ2v) is 6.20. The minimum Gasteiger partial charge on any atom is -0.388 e. The van der Waals surface area contributed by atoms with Crippen molar-refractivity contribution in [3.05, 3.63) is 50.7 Å². The van der Waals surface area contributed by atoms with Crippen molar-refractivity contribution < 1.29 is 5.11 Å². The van der Waals surface area contributed by atoms with Crippen LogP contribution in [0.4, 0.5) is 0 Å². The van der Waals surface area contributed by atoms with Crippen molar-refractivity contribution in [1.29, 1.82) is 0 Å². The molecule has 0 radical (unpaired) electrons. The number of aromatic nitrogens is 1. The second-order valence-electron chi connectivity index (χ2n) is 5.00. The minimum absolute atomic E-state index is 0.332. The molecule has 1 unspecified atom stereocenters. The van der Waals surface area contributed by atoms with Gasteiger partial charge in [0.15, 0.2) is 0 Å². The largest absolute Gasteiger partial charge is 0.388 e. The summed E-state index contributed by atoms with van der Waals surface area (Å²) in [5.41, 5.74) is 4.45. The molecule has 2 aromatic rings. The lowest BCUT2D eigenvalue weighted by Gasteiger charge is -2.21. The summed E-state index contributed by atoms with van der Waals surface area (Å²) in [5, 5.41) is 10.8. The van der Waals surface area contributed by atoms with Crippen LogP contribution in [-0.4, -0.2) is 9.67 Å². The van der Waals surface area contributed by atoms with Gasteiger partial charge in [0, 0.05) is 17.0 Å². The topological polar surface area (TPSA) is 25.2 Å². The molecule has 1 aliphatic rings. The quantitative estimate of drug-likeness (QED) is 0.808. The molecular formula is C15H15BrClNO. The van der Waals surface area contributed by atoms with E-state index in [4.69, 9.17) is 11.6 Å². The Morgan fingerprint density at radius 1 is 1.42 bits per heavy atom. The fraction of sp³-hybridized carbons (Fsp3) is 0.333. The molecule has 2 nitrogen and oxygen atoms in total. The van der Waals surface area contributed by atoms with E-state index in [0.29, 0.717) is 5.02 Å². The predicted octanol–water partition coefficient (Wildman–Crippen LogP) is 4.57. The molecule has 19 heavy (non-hydrogen) atoms. The minimum atomic E-state index is -0.332. The number of rotatable bonds is 1. The summed E-state index contributed by atoms with van der Waals surface area (Å²) in [5.74, 6) is 0. The van der Waals surface area contributed by atoms with E-state index in [9.17, 15) is 5.11 Å². The number of hydrogen-bond acceptors (Lipinski definition) is 1. The van der Waals surface area contributed by atoms with Gasteiger partial charge < -0.3 is 9.67 Å². The van der Waals surface area contributed by atoms with Gasteiger partial charge in [0.2, 0.25) is 0 Å². The first-order chi connectivity index (χ1) is 9.09. The highest BCUT2D eigenvalue weighted by Gasteiger charge is 2.24. The number of halogens is 2. The molecular weight excluding hydrogens is 326 g/mol. The van der Waals surface area contributed by atoms with E-state index in [1.165, 1.54) is 5.69 Å². The summed E-state index contributed by atoms with van der Waals surface area (Å²) in [6.07, 6.45) is 2.55. The molecule has 0 aliphatic heterocycles. The molecule has 0 bridgehead atoms. The first-order valence-electron chi connectivity index (χ1n) is 6.43. The van der Waals surface area contributed by atoms with Gasteiger partial charge in [-0.3, -0.25) is 0 Å². The van der Waals surface area contributed by atoms with Gasteiger partial charge in [0.05, 0.1) is 21.3 Å². The molecule has 0 saturated carbocycles. The molecule has 1 aromatic heterocycles. The van der Waals surface area contributed by atoms with Gasteiger partial charge in [0.25, 0.3) is 0 Å². The Balaban J connectivity index is 2.23. The van der Waals surface area contributed by atoms with Crippen molar-refractivity contribution in [2.75, 3.05) is 0 Å². The van der Waals surface area contributed by atoms with Gasteiger partial charge in [-0.1, -0.05) is 17.7 Å². The Labute approximate surface area is 126 Å². The van der Waals surface area contributed by atoms with Crippen LogP contribution in [0.25, 0.3) is 5.69 Å². The Kier molecular flexibility index (Phi) is 3.46. The molecule has 100 valence electrons. The van der Waals surface area contributed by atoms with Gasteiger partial charge in [-0.05, 0) is 60.3 Å². The van der Waals surface area contributed by atoms with Crippen LogP contribution in [-0.2, 0) is 6.42 Å². The summed E-state index contributed by atoms with van der Waals surface area (Å²) in [6.45, 7) is 2.07. The first-order valence-corrected chi connectivity index (χ1v) is 7.60. The van der Waals surface area contributed by atoms with Crippen LogP contribution >= 0.6 is 27.5 Å². The highest BCUT2D eigenvalue weighted by Crippen LogP contribution is 2.37. The van der Waals surface area contributed by atoms with Crippen LogP contribution in [0.2, 0.25) is 5.02 Å². The Morgan fingerprint density at radius 2 is 2.21 bits per heavy atom. The summed E-state index contributed by atoms with van der Waals surface area (Å²) < 4.78 is 3.10. The highest BCUT2D eigenvalue weighted by molar-refractivity contribution is 9.10. The summed E-state index contributed by atoms with van der Waals surface area (Å²) >= 11 is 9.75. The van der Waals surface area contributed by atoms with Crippen LogP contribution in [0.15, 0.2) is 28.7 Å². The molecule has 3 rings (SSSR count). The van der Waals surface area contributed by atoms with Crippen molar-refractivity contribution in [1.82, 2.24) is 4.57 Å². The maximum Gasteiger partial charge on any atom is 0.0807 e. The molecule has 0 saturated heterocycles. The van der Waals surface area contributed by atoms with E-state index in [1.54, 1.807) is 0 Å². The summed E-state index contributed by atoms with van der Waals surface area (Å²) in [7, 11) is 0. The van der Waals surface area contributed by atoms with Crippen molar-refractivity contribution in [3.63, 3.8) is 0 Å². The Morgan fingerprint density at radius 3 is 3.00 bits per heavy atom. The zero-order valence-corrected chi connectivity index (χ0v) is 13.0. The Hall–Kier alpha value is -0.770. The van der Waals surface area contributed by atoms with Gasteiger partial charge in [-0.25, -0.2) is 0 Å². The van der Waals surface area contributed by atoms with Gasteiger partial charge in [-0.2, -0.15) is 0 Å². The Bertz CT molecular complexity index is 635. The number of fused-ring (bicyclic) bond motifs is 1. The van der Waals surface area contributed by atoms with Crippen molar-refractivity contribution in [2.24, 2.45) is 0 Å². The van der Waals surface area contributed by atoms with Gasteiger partial charge in [0.1, 0.15) is 0 Å². The highest BCUT2D eigenvalue weighted by atomic mass is 79.9. The van der Waals surface area contributed by atoms with E-state index in [-0.39, 0.29) is 6.10 Å². The molecule has 0 amide bonds. The lowest BCUT2D eigenvalue weighted by molar-refractivity contribution is 0.156. The number of aryl methyl sites for hydroxylation is 1. The lowest BCUT2D eigenvalue weighted by Crippen LogP contribution is -2.11. The summed E-state index contributed by atoms with van der Waals surface area (Å²) in [6, 6.07) is 7.96. The molecule has 1 aromatic carbocycles. The van der Waals surface area contributed by atoms with Gasteiger partial charge in [-0.15, -0.1) is 0 Å². The van der Waals surface area contributed by atoms with E-state index < -0.39 is 0 Å². The van der Waals surface area contributed by atoms with Crippen molar-refractivity contribution in [2.45, 2.75) is 32.3 Å². The molecule has 1 N–H and O–H groups in total. The molecule has 1 heterocycles. The van der Waals surface area contributed by atoms with Crippen LogP contribution < -0.4 is 0 Å². The number of hydrogen-bond donors (Lipinski definition) is 1. The fourth-order valence-electron chi connectivity index (χ4n) is 2.88. The average molecular weight is 341 g/mol. The number of benzene rings is 1. The zero-order valence-electron chi connectivity index (χ0n) is 10.7. The zero-order chi connectivity index (χ0) is 13.6. The third kappa shape index (κ3) is 2.14. The maximum atomic E-state index is 10.1. The molecule has 4 heteroatoms. The van der Waals surface area contributed by atoms with Crippen molar-refractivity contribution in [3.8, 4) is 5.69 Å². The predicted molar refractivity (Wildman–Crippen MR) is 81.1 cm³/mol. The molecule has 0 spiro atoms. The average Bonchev–Trinajstić information content (AvgIpc) is 2.71. The number of nitrogens with zero attached hydrogens (tertiary/aromatic N) is 1. The summed E-state index contributed by atoms with van der Waals surface area (Å²) in [4.78, 5) is 0.